The molecule has 2 aromatic rings. The van der Waals surface area contributed by atoms with Gasteiger partial charge in [0.05, 0.1) is 0 Å². The summed E-state index contributed by atoms with van der Waals surface area (Å²) >= 11 is 0.893. The second kappa shape index (κ2) is 8.81. The van der Waals surface area contributed by atoms with Crippen molar-refractivity contribution in [2.24, 2.45) is 0 Å². The number of benzene rings is 2. The van der Waals surface area contributed by atoms with Crippen molar-refractivity contribution in [2.45, 2.75) is 4.90 Å². The van der Waals surface area contributed by atoms with Crippen molar-refractivity contribution in [1.82, 2.24) is 0 Å². The van der Waals surface area contributed by atoms with Gasteiger partial charge in [0.1, 0.15) is 0 Å². The van der Waals surface area contributed by atoms with Crippen molar-refractivity contribution in [3.63, 3.8) is 0 Å². The van der Waals surface area contributed by atoms with Crippen LogP contribution in [0.25, 0.3) is 10.8 Å². The van der Waals surface area contributed by atoms with Crippen LogP contribution in [0.15, 0.2) is 47.4 Å². The molecule has 0 fully saturated rings. The Balaban J connectivity index is 0.00000144. The smallest absolute Gasteiger partial charge is 0.789 e. The molecule has 0 heterocycles. The molecule has 0 spiro atoms. The van der Waals surface area contributed by atoms with Gasteiger partial charge >= 0.3 is 59.1 Å². The molecule has 2 aromatic carbocycles. The van der Waals surface area contributed by atoms with Crippen LogP contribution >= 0.6 is 17.1 Å². The zero-order chi connectivity index (χ0) is 11.6. The molecule has 0 aliphatic rings. The molecule has 7 heteroatoms. The average molecular weight is 315 g/mol. The predicted octanol–water partition coefficient (Wildman–Crippen LogP) is -3.95. The van der Waals surface area contributed by atoms with Crippen LogP contribution in [-0.4, -0.2) is 6.26 Å². The van der Waals surface area contributed by atoms with Crippen LogP contribution < -0.4 is 68.9 Å². The first kappa shape index (κ1) is 19.6. The molecule has 0 unspecified atom stereocenters. The molecule has 0 aromatic heterocycles. The minimum absolute atomic E-state index is 0. The molecular weight excluding hydrogens is 305 g/mol. The van der Waals surface area contributed by atoms with Crippen LogP contribution in [0.1, 0.15) is 0 Å². The van der Waals surface area contributed by atoms with E-state index < -0.39 is 5.69 Å². The third-order valence-electron chi connectivity index (χ3n) is 2.18. The van der Waals surface area contributed by atoms with Gasteiger partial charge in [-0.3, -0.25) is 0 Å². The van der Waals surface area contributed by atoms with Crippen LogP contribution in [0.4, 0.5) is 0 Å². The SMILES string of the molecule is CSP([O-])([O-])=[S+]c1cccc2ccccc12.[Na+].[Na+]. The van der Waals surface area contributed by atoms with E-state index in [4.69, 9.17) is 0 Å². The third kappa shape index (κ3) is 5.19. The normalized spacial score (nSPS) is 10.4. The molecule has 0 bridgehead atoms. The summed E-state index contributed by atoms with van der Waals surface area (Å²) in [4.78, 5) is 23.9. The van der Waals surface area contributed by atoms with Gasteiger partial charge in [0.2, 0.25) is 4.90 Å². The number of hydrogen-bond acceptors (Lipinski definition) is 3. The summed E-state index contributed by atoms with van der Waals surface area (Å²) in [5, 5.41) is 2.05. The van der Waals surface area contributed by atoms with E-state index in [-0.39, 0.29) is 59.1 Å². The first-order chi connectivity index (χ1) is 7.62. The standard InChI is InChI=1S/C11H10O2PS2.2Na/c1-15-14(12,13)16-11-8-4-6-9-5-2-3-7-10(9)11;;/h2-8H,1H3;;/q-1;2*+1. The molecule has 0 radical (unpaired) electrons. The molecule has 2 nitrogen and oxygen atoms in total. The molecule has 0 amide bonds. The van der Waals surface area contributed by atoms with Crippen LogP contribution in [0, 0.1) is 0 Å². The van der Waals surface area contributed by atoms with Gasteiger partial charge in [0.15, 0.2) is 10.9 Å². The summed E-state index contributed by atoms with van der Waals surface area (Å²) in [6, 6.07) is 13.5. The predicted molar refractivity (Wildman–Crippen MR) is 70.0 cm³/mol. The Morgan fingerprint density at radius 3 is 2.28 bits per heavy atom. The third-order valence-corrected chi connectivity index (χ3v) is 8.02. The Labute approximate surface area is 159 Å². The van der Waals surface area contributed by atoms with E-state index in [0.717, 1.165) is 38.0 Å². The van der Waals surface area contributed by atoms with Crippen molar-refractivity contribution >= 4 is 38.8 Å². The van der Waals surface area contributed by atoms with Gasteiger partial charge in [0.25, 0.3) is 0 Å². The molecule has 0 aliphatic heterocycles. The van der Waals surface area contributed by atoms with E-state index in [9.17, 15) is 9.79 Å². The van der Waals surface area contributed by atoms with Crippen molar-refractivity contribution < 1.29 is 68.9 Å². The summed E-state index contributed by atoms with van der Waals surface area (Å²) in [6.45, 7) is 0. The molecule has 84 valence electrons. The zero-order valence-electron chi connectivity index (χ0n) is 10.6. The minimum Gasteiger partial charge on any atom is -0.789 e. The monoisotopic (exact) mass is 315 g/mol. The Morgan fingerprint density at radius 2 is 1.61 bits per heavy atom. The second-order valence-corrected chi connectivity index (χ2v) is 10.3. The molecule has 0 aliphatic carbocycles. The molecule has 18 heavy (non-hydrogen) atoms. The summed E-state index contributed by atoms with van der Waals surface area (Å²) in [6.07, 6.45) is 1.59. The maximum absolute atomic E-state index is 11.6. The first-order valence-electron chi connectivity index (χ1n) is 4.66. The van der Waals surface area contributed by atoms with Crippen molar-refractivity contribution in [3.8, 4) is 0 Å². The molecular formula is C11H10Na2O2PS2+. The molecule has 0 saturated heterocycles. The minimum atomic E-state index is -3.42. The summed E-state index contributed by atoms with van der Waals surface area (Å²) in [5.74, 6) is 0. The molecule has 0 N–H and O–H groups in total. The average Bonchev–Trinajstić information content (AvgIpc) is 2.29. The molecule has 2 rings (SSSR count). The van der Waals surface area contributed by atoms with Crippen molar-refractivity contribution in [2.75, 3.05) is 6.26 Å². The van der Waals surface area contributed by atoms with Crippen molar-refractivity contribution in [1.29, 1.82) is 0 Å². The summed E-state index contributed by atoms with van der Waals surface area (Å²) in [5.41, 5.74) is -3.42. The maximum Gasteiger partial charge on any atom is 1.00 e. The van der Waals surface area contributed by atoms with E-state index >= 15 is 0 Å². The maximum atomic E-state index is 11.6. The Morgan fingerprint density at radius 1 is 1.00 bits per heavy atom. The zero-order valence-corrected chi connectivity index (χ0v) is 17.1. The van der Waals surface area contributed by atoms with E-state index in [1.165, 1.54) is 0 Å². The van der Waals surface area contributed by atoms with Gasteiger partial charge in [-0.05, 0) is 17.7 Å². The van der Waals surface area contributed by atoms with Crippen LogP contribution in [0.5, 0.6) is 0 Å². The van der Waals surface area contributed by atoms with Crippen LogP contribution in [0.3, 0.4) is 0 Å². The van der Waals surface area contributed by atoms with E-state index in [2.05, 4.69) is 0 Å². The van der Waals surface area contributed by atoms with Gasteiger partial charge in [-0.25, -0.2) is 0 Å². The Hall–Kier alpha value is 1.62. The number of hydrogen-bond donors (Lipinski definition) is 0. The van der Waals surface area contributed by atoms with E-state index in [1.807, 2.05) is 42.5 Å². The van der Waals surface area contributed by atoms with Gasteiger partial charge < -0.3 is 9.79 Å². The van der Waals surface area contributed by atoms with E-state index in [1.54, 1.807) is 6.26 Å². The molecule has 0 saturated carbocycles. The van der Waals surface area contributed by atoms with E-state index in [0.29, 0.717) is 0 Å². The van der Waals surface area contributed by atoms with Gasteiger partial charge in [-0.15, -0.1) is 11.4 Å². The second-order valence-electron chi connectivity index (χ2n) is 3.20. The summed E-state index contributed by atoms with van der Waals surface area (Å²) < 4.78 is 0. The number of rotatable bonds is 2. The van der Waals surface area contributed by atoms with Crippen LogP contribution in [-0.2, 0) is 10.9 Å². The first-order valence-corrected chi connectivity index (χ1v) is 9.54. The van der Waals surface area contributed by atoms with Gasteiger partial charge in [0, 0.05) is 17.1 Å². The number of fused-ring (bicyclic) bond motifs is 1. The van der Waals surface area contributed by atoms with Crippen molar-refractivity contribution in [3.05, 3.63) is 42.5 Å². The largest absolute Gasteiger partial charge is 1.00 e. The fourth-order valence-corrected chi connectivity index (χ4v) is 4.99. The fraction of sp³-hybridized carbons (Fsp3) is 0.0909. The Bertz CT molecular complexity index is 566. The van der Waals surface area contributed by atoms with Crippen LogP contribution in [0.2, 0.25) is 0 Å². The Kier molecular flexibility index (Phi) is 9.60. The molecule has 0 atom stereocenters. The van der Waals surface area contributed by atoms with Gasteiger partial charge in [-0.2, -0.15) is 0 Å². The quantitative estimate of drug-likeness (QED) is 0.323. The summed E-state index contributed by atoms with van der Waals surface area (Å²) in [7, 11) is 0.938. The fourth-order valence-electron chi connectivity index (χ4n) is 1.43. The van der Waals surface area contributed by atoms with Gasteiger partial charge in [-0.1, -0.05) is 30.3 Å². The topological polar surface area (TPSA) is 46.1 Å².